The molecule has 1 aromatic carbocycles. The van der Waals surface area contributed by atoms with E-state index < -0.39 is 0 Å². The fraction of sp³-hybridized carbons (Fsp3) is 0.318. The summed E-state index contributed by atoms with van der Waals surface area (Å²) >= 11 is 2.93. The molecule has 1 aliphatic heterocycles. The highest BCUT2D eigenvalue weighted by Gasteiger charge is 2.18. The van der Waals surface area contributed by atoms with Crippen LogP contribution in [0.25, 0.3) is 10.2 Å². The van der Waals surface area contributed by atoms with Crippen LogP contribution in [0.1, 0.15) is 26.6 Å². The van der Waals surface area contributed by atoms with Gasteiger partial charge in [-0.2, -0.15) is 5.10 Å². The molecule has 0 unspecified atom stereocenters. The molecule has 31 heavy (non-hydrogen) atoms. The van der Waals surface area contributed by atoms with E-state index in [1.165, 1.54) is 28.2 Å². The quantitative estimate of drug-likeness (QED) is 0.478. The smallest absolute Gasteiger partial charge is 0.267 e. The van der Waals surface area contributed by atoms with Crippen LogP contribution in [-0.2, 0) is 17.8 Å². The second kappa shape index (κ2) is 8.88. The minimum atomic E-state index is -0.126. The number of rotatable bonds is 6. The van der Waals surface area contributed by atoms with Gasteiger partial charge in [0.15, 0.2) is 5.13 Å². The summed E-state index contributed by atoms with van der Waals surface area (Å²) < 4.78 is 7.37. The molecule has 7 nitrogen and oxygen atoms in total. The lowest BCUT2D eigenvalue weighted by atomic mass is 10.2. The summed E-state index contributed by atoms with van der Waals surface area (Å²) in [7, 11) is 0. The number of benzene rings is 1. The topological polar surface area (TPSA) is 72.3 Å². The van der Waals surface area contributed by atoms with Crippen LogP contribution in [0, 0.1) is 6.92 Å². The standard InChI is InChI=1S/C22H23N5O2S2/c1-15-18-11-19(31-21(18)27(25-15)12-16-5-3-2-4-6-16)20(28)24-22-23-17(14-30-22)13-26-7-9-29-10-8-26/h2-6,11,14H,7-10,12-13H2,1H3,(H,23,24,28). The fourth-order valence-corrected chi connectivity index (χ4v) is 5.42. The van der Waals surface area contributed by atoms with E-state index in [9.17, 15) is 4.79 Å². The Labute approximate surface area is 188 Å². The minimum Gasteiger partial charge on any atom is -0.379 e. The summed E-state index contributed by atoms with van der Waals surface area (Å²) in [6.45, 7) is 6.82. The molecule has 3 aromatic heterocycles. The van der Waals surface area contributed by atoms with Gasteiger partial charge in [0.1, 0.15) is 4.83 Å². The first-order chi connectivity index (χ1) is 15.2. The van der Waals surface area contributed by atoms with Crippen molar-refractivity contribution >= 4 is 43.9 Å². The SMILES string of the molecule is Cc1nn(Cc2ccccc2)c2sc(C(=O)Nc3nc(CN4CCOCC4)cs3)cc12. The number of thiophene rings is 1. The number of nitrogens with one attached hydrogen (secondary N) is 1. The van der Waals surface area contributed by atoms with Crippen LogP contribution in [0.3, 0.4) is 0 Å². The second-order valence-electron chi connectivity index (χ2n) is 7.54. The number of ether oxygens (including phenoxy) is 1. The van der Waals surface area contributed by atoms with Gasteiger partial charge in [0.25, 0.3) is 5.91 Å². The number of carbonyl (C=O) groups is 1. The maximum atomic E-state index is 12.9. The van der Waals surface area contributed by atoms with E-state index >= 15 is 0 Å². The van der Waals surface area contributed by atoms with Gasteiger partial charge in [-0.1, -0.05) is 30.3 Å². The van der Waals surface area contributed by atoms with E-state index in [2.05, 4.69) is 32.4 Å². The lowest BCUT2D eigenvalue weighted by molar-refractivity contribution is 0.0337. The van der Waals surface area contributed by atoms with Crippen LogP contribution in [0.2, 0.25) is 0 Å². The Morgan fingerprint density at radius 3 is 2.81 bits per heavy atom. The average molecular weight is 454 g/mol. The minimum absolute atomic E-state index is 0.126. The number of morpholine rings is 1. The zero-order valence-corrected chi connectivity index (χ0v) is 18.8. The largest absolute Gasteiger partial charge is 0.379 e. The molecule has 1 aliphatic rings. The predicted molar refractivity (Wildman–Crippen MR) is 124 cm³/mol. The molecule has 0 radical (unpaired) electrons. The number of anilines is 1. The third kappa shape index (κ3) is 4.54. The molecule has 5 rings (SSSR count). The normalized spacial score (nSPS) is 14.9. The Kier molecular flexibility index (Phi) is 5.82. The Hall–Kier alpha value is -2.59. The van der Waals surface area contributed by atoms with Gasteiger partial charge in [0, 0.05) is 30.4 Å². The van der Waals surface area contributed by atoms with Crippen LogP contribution in [0.4, 0.5) is 5.13 Å². The van der Waals surface area contributed by atoms with Crippen molar-refractivity contribution in [3.05, 3.63) is 63.6 Å². The van der Waals surface area contributed by atoms with Crippen molar-refractivity contribution < 1.29 is 9.53 Å². The molecule has 160 valence electrons. The van der Waals surface area contributed by atoms with Crippen molar-refractivity contribution in [2.24, 2.45) is 0 Å². The number of amides is 1. The predicted octanol–water partition coefficient (Wildman–Crippen LogP) is 4.00. The van der Waals surface area contributed by atoms with Crippen molar-refractivity contribution in [1.82, 2.24) is 19.7 Å². The van der Waals surface area contributed by atoms with E-state index in [1.807, 2.05) is 41.3 Å². The molecule has 1 amide bonds. The Morgan fingerprint density at radius 1 is 1.19 bits per heavy atom. The summed E-state index contributed by atoms with van der Waals surface area (Å²) in [5.74, 6) is -0.126. The number of hydrogen-bond acceptors (Lipinski definition) is 7. The summed E-state index contributed by atoms with van der Waals surface area (Å²) in [6, 6.07) is 12.2. The summed E-state index contributed by atoms with van der Waals surface area (Å²) in [5.41, 5.74) is 3.10. The zero-order chi connectivity index (χ0) is 21.2. The molecule has 0 bridgehead atoms. The average Bonchev–Trinajstić information content (AvgIpc) is 3.48. The van der Waals surface area contributed by atoms with Gasteiger partial charge in [-0.05, 0) is 18.6 Å². The molecule has 4 aromatic rings. The Bertz CT molecular complexity index is 1190. The third-order valence-corrected chi connectivity index (χ3v) is 7.22. The number of aromatic nitrogens is 3. The number of nitrogens with zero attached hydrogens (tertiary/aromatic N) is 4. The molecule has 0 saturated carbocycles. The molecule has 4 heterocycles. The molecular weight excluding hydrogens is 430 g/mol. The van der Waals surface area contributed by atoms with Crippen LogP contribution in [-0.4, -0.2) is 51.9 Å². The molecule has 9 heteroatoms. The van der Waals surface area contributed by atoms with Crippen LogP contribution >= 0.6 is 22.7 Å². The van der Waals surface area contributed by atoms with E-state index in [0.29, 0.717) is 16.6 Å². The number of aryl methyl sites for hydroxylation is 1. The van der Waals surface area contributed by atoms with Crippen LogP contribution in [0.5, 0.6) is 0 Å². The van der Waals surface area contributed by atoms with Crippen molar-refractivity contribution in [1.29, 1.82) is 0 Å². The van der Waals surface area contributed by atoms with E-state index in [1.54, 1.807) is 0 Å². The first kappa shape index (κ1) is 20.3. The van der Waals surface area contributed by atoms with E-state index in [4.69, 9.17) is 4.74 Å². The molecule has 0 spiro atoms. The van der Waals surface area contributed by atoms with Crippen molar-refractivity contribution in [3.63, 3.8) is 0 Å². The molecule has 0 aliphatic carbocycles. The molecular formula is C22H23N5O2S2. The number of fused-ring (bicyclic) bond motifs is 1. The summed E-state index contributed by atoms with van der Waals surface area (Å²) in [5, 5.41) is 11.3. The zero-order valence-electron chi connectivity index (χ0n) is 17.2. The van der Waals surface area contributed by atoms with Gasteiger partial charge in [-0.25, -0.2) is 4.98 Å². The highest BCUT2D eigenvalue weighted by Crippen LogP contribution is 2.30. The number of thiazole rings is 1. The van der Waals surface area contributed by atoms with Crippen molar-refractivity contribution in [3.8, 4) is 0 Å². The Balaban J connectivity index is 1.29. The van der Waals surface area contributed by atoms with Gasteiger partial charge in [0.05, 0.1) is 36.0 Å². The monoisotopic (exact) mass is 453 g/mol. The maximum absolute atomic E-state index is 12.9. The van der Waals surface area contributed by atoms with Crippen molar-refractivity contribution in [2.45, 2.75) is 20.0 Å². The van der Waals surface area contributed by atoms with Gasteiger partial charge in [-0.3, -0.25) is 19.7 Å². The number of hydrogen-bond donors (Lipinski definition) is 1. The molecule has 1 fully saturated rings. The van der Waals surface area contributed by atoms with Gasteiger partial charge < -0.3 is 4.74 Å². The van der Waals surface area contributed by atoms with Gasteiger partial charge in [-0.15, -0.1) is 22.7 Å². The first-order valence-electron chi connectivity index (χ1n) is 10.2. The third-order valence-electron chi connectivity index (χ3n) is 5.27. The summed E-state index contributed by atoms with van der Waals surface area (Å²) in [6.07, 6.45) is 0. The lowest BCUT2D eigenvalue weighted by Crippen LogP contribution is -2.35. The summed E-state index contributed by atoms with van der Waals surface area (Å²) in [4.78, 5) is 21.5. The Morgan fingerprint density at radius 2 is 2.00 bits per heavy atom. The highest BCUT2D eigenvalue weighted by molar-refractivity contribution is 7.20. The van der Waals surface area contributed by atoms with Gasteiger partial charge >= 0.3 is 0 Å². The van der Waals surface area contributed by atoms with Gasteiger partial charge in [0.2, 0.25) is 0 Å². The molecule has 1 N–H and O–H groups in total. The fourth-order valence-electron chi connectivity index (χ4n) is 3.67. The second-order valence-corrected chi connectivity index (χ2v) is 9.43. The van der Waals surface area contributed by atoms with Crippen LogP contribution in [0.15, 0.2) is 41.8 Å². The van der Waals surface area contributed by atoms with E-state index in [0.717, 1.165) is 54.5 Å². The van der Waals surface area contributed by atoms with Crippen molar-refractivity contribution in [2.75, 3.05) is 31.6 Å². The lowest BCUT2D eigenvalue weighted by Gasteiger charge is -2.25. The van der Waals surface area contributed by atoms with Crippen LogP contribution < -0.4 is 5.32 Å². The highest BCUT2D eigenvalue weighted by atomic mass is 32.1. The van der Waals surface area contributed by atoms with E-state index in [-0.39, 0.29) is 5.91 Å². The number of carbonyl (C=O) groups excluding carboxylic acids is 1. The maximum Gasteiger partial charge on any atom is 0.267 e. The molecule has 0 atom stereocenters. The first-order valence-corrected chi connectivity index (χ1v) is 11.9. The molecule has 1 saturated heterocycles.